The largest absolute Gasteiger partial charge is 0.416 e. The van der Waals surface area contributed by atoms with Crippen LogP contribution in [0.2, 0.25) is 0 Å². The van der Waals surface area contributed by atoms with Gasteiger partial charge in [0.25, 0.3) is 11.5 Å². The molecule has 3 aromatic rings. The predicted octanol–water partition coefficient (Wildman–Crippen LogP) is 4.91. The van der Waals surface area contributed by atoms with Crippen molar-refractivity contribution in [3.63, 3.8) is 0 Å². The van der Waals surface area contributed by atoms with E-state index >= 15 is 0 Å². The Morgan fingerprint density at radius 2 is 1.66 bits per heavy atom. The molecule has 1 amide bonds. The van der Waals surface area contributed by atoms with Gasteiger partial charge < -0.3 is 5.32 Å². The summed E-state index contributed by atoms with van der Waals surface area (Å²) in [6, 6.07) is 11.3. The van der Waals surface area contributed by atoms with Crippen LogP contribution in [-0.2, 0) is 6.18 Å². The lowest BCUT2D eigenvalue weighted by Gasteiger charge is -2.32. The van der Waals surface area contributed by atoms with Gasteiger partial charge in [0.2, 0.25) is 0 Å². The second-order valence-corrected chi connectivity index (χ2v) is 8.34. The molecule has 1 N–H and O–H groups in total. The molecule has 0 saturated carbocycles. The lowest BCUT2D eigenvalue weighted by Crippen LogP contribution is -2.38. The first-order valence-electron chi connectivity index (χ1n) is 9.70. The van der Waals surface area contributed by atoms with Crippen molar-refractivity contribution < 1.29 is 22.4 Å². The number of nitrogens with one attached hydrogen (secondary N) is 1. The third-order valence-corrected chi connectivity index (χ3v) is 4.79. The van der Waals surface area contributed by atoms with Crippen molar-refractivity contribution in [3.05, 3.63) is 93.7 Å². The first kappa shape index (κ1) is 23.2. The maximum atomic E-state index is 13.2. The van der Waals surface area contributed by atoms with Crippen molar-refractivity contribution in [2.75, 3.05) is 0 Å². The number of alkyl halides is 3. The molecule has 1 unspecified atom stereocenters. The third kappa shape index (κ3) is 5.22. The van der Waals surface area contributed by atoms with Gasteiger partial charge in [0.15, 0.2) is 0 Å². The summed E-state index contributed by atoms with van der Waals surface area (Å²) >= 11 is 0. The Labute approximate surface area is 181 Å². The second kappa shape index (κ2) is 8.57. The van der Waals surface area contributed by atoms with E-state index in [-0.39, 0.29) is 16.9 Å². The SMILES string of the molecule is CC(C)(C)C(NC(=O)c1ccc(=O)n(-c2ccc(F)cc2)n1)c1cccc(C(F)(F)F)c1. The number of halogens is 4. The Kier molecular flexibility index (Phi) is 6.20. The first-order valence-corrected chi connectivity index (χ1v) is 9.70. The molecule has 5 nitrogen and oxygen atoms in total. The van der Waals surface area contributed by atoms with Gasteiger partial charge in [-0.25, -0.2) is 4.39 Å². The molecule has 32 heavy (non-hydrogen) atoms. The molecule has 0 aliphatic carbocycles. The lowest BCUT2D eigenvalue weighted by atomic mass is 9.82. The summed E-state index contributed by atoms with van der Waals surface area (Å²) in [6.07, 6.45) is -4.52. The number of hydrogen-bond donors (Lipinski definition) is 1. The van der Waals surface area contributed by atoms with Crippen LogP contribution in [0, 0.1) is 11.2 Å². The average Bonchev–Trinajstić information content (AvgIpc) is 2.71. The van der Waals surface area contributed by atoms with Crippen LogP contribution in [0.1, 0.15) is 48.4 Å². The zero-order chi connectivity index (χ0) is 23.7. The van der Waals surface area contributed by atoms with Crippen molar-refractivity contribution in [1.82, 2.24) is 15.1 Å². The molecule has 0 saturated heterocycles. The highest BCUT2D eigenvalue weighted by molar-refractivity contribution is 5.92. The van der Waals surface area contributed by atoms with Crippen molar-refractivity contribution in [2.24, 2.45) is 5.41 Å². The number of amides is 1. The van der Waals surface area contributed by atoms with Crippen LogP contribution in [-0.4, -0.2) is 15.7 Å². The van der Waals surface area contributed by atoms with Gasteiger partial charge in [0.05, 0.1) is 17.3 Å². The van der Waals surface area contributed by atoms with E-state index in [1.165, 1.54) is 30.3 Å². The summed E-state index contributed by atoms with van der Waals surface area (Å²) < 4.78 is 53.6. The normalized spacial score (nSPS) is 13.0. The summed E-state index contributed by atoms with van der Waals surface area (Å²) in [5.41, 5.74) is -1.55. The van der Waals surface area contributed by atoms with E-state index in [1.54, 1.807) is 20.8 Å². The van der Waals surface area contributed by atoms with E-state index in [1.807, 2.05) is 0 Å². The van der Waals surface area contributed by atoms with Gasteiger partial charge in [0, 0.05) is 6.07 Å². The minimum Gasteiger partial charge on any atom is -0.343 e. The number of carbonyl (C=O) groups excluding carboxylic acids is 1. The summed E-state index contributed by atoms with van der Waals surface area (Å²) in [4.78, 5) is 25.1. The van der Waals surface area contributed by atoms with Crippen molar-refractivity contribution >= 4 is 5.91 Å². The summed E-state index contributed by atoms with van der Waals surface area (Å²) in [7, 11) is 0. The Bertz CT molecular complexity index is 1180. The molecule has 0 spiro atoms. The fourth-order valence-electron chi connectivity index (χ4n) is 3.20. The molecular weight excluding hydrogens is 426 g/mol. The van der Waals surface area contributed by atoms with E-state index in [0.29, 0.717) is 0 Å². The number of aromatic nitrogens is 2. The molecule has 168 valence electrons. The van der Waals surface area contributed by atoms with Crippen LogP contribution >= 0.6 is 0 Å². The van der Waals surface area contributed by atoms with Gasteiger partial charge in [0.1, 0.15) is 11.5 Å². The molecule has 3 rings (SSSR count). The van der Waals surface area contributed by atoms with Crippen molar-refractivity contribution in [2.45, 2.75) is 33.0 Å². The first-order chi connectivity index (χ1) is 14.9. The van der Waals surface area contributed by atoms with Crippen LogP contribution in [0.4, 0.5) is 17.6 Å². The minimum atomic E-state index is -4.52. The number of benzene rings is 2. The fraction of sp³-hybridized carbons (Fsp3) is 0.261. The summed E-state index contributed by atoms with van der Waals surface area (Å²) in [5.74, 6) is -1.16. The van der Waals surface area contributed by atoms with Gasteiger partial charge >= 0.3 is 6.18 Å². The standard InChI is InChI=1S/C23H21F4N3O2/c1-22(2,3)20(14-5-4-6-15(13-14)23(25,26)27)28-21(32)18-11-12-19(31)30(29-18)17-9-7-16(24)8-10-17/h4-13,20H,1-3H3,(H,28,32). The van der Waals surface area contributed by atoms with Crippen molar-refractivity contribution in [3.8, 4) is 5.69 Å². The maximum Gasteiger partial charge on any atom is 0.416 e. The Balaban J connectivity index is 1.95. The third-order valence-electron chi connectivity index (χ3n) is 4.79. The predicted molar refractivity (Wildman–Crippen MR) is 111 cm³/mol. The molecule has 9 heteroatoms. The molecule has 2 aromatic carbocycles. The Morgan fingerprint density at radius 1 is 1.00 bits per heavy atom. The van der Waals surface area contributed by atoms with Gasteiger partial charge in [-0.1, -0.05) is 32.9 Å². The second-order valence-electron chi connectivity index (χ2n) is 8.34. The van der Waals surface area contributed by atoms with E-state index < -0.39 is 40.5 Å². The monoisotopic (exact) mass is 447 g/mol. The highest BCUT2D eigenvalue weighted by atomic mass is 19.4. The number of carbonyl (C=O) groups is 1. The molecular formula is C23H21F4N3O2. The average molecular weight is 447 g/mol. The zero-order valence-corrected chi connectivity index (χ0v) is 17.6. The lowest BCUT2D eigenvalue weighted by molar-refractivity contribution is -0.137. The molecule has 0 aliphatic rings. The van der Waals surface area contributed by atoms with Crippen LogP contribution < -0.4 is 10.9 Å². The van der Waals surface area contributed by atoms with E-state index in [2.05, 4.69) is 10.4 Å². The molecule has 1 atom stereocenters. The quantitative estimate of drug-likeness (QED) is 0.579. The Hall–Kier alpha value is -3.49. The molecule has 1 heterocycles. The van der Waals surface area contributed by atoms with Gasteiger partial charge in [-0.2, -0.15) is 23.0 Å². The molecule has 0 radical (unpaired) electrons. The zero-order valence-electron chi connectivity index (χ0n) is 17.6. The number of rotatable bonds is 4. The van der Waals surface area contributed by atoms with E-state index in [9.17, 15) is 27.2 Å². The number of nitrogens with zero attached hydrogens (tertiary/aromatic N) is 2. The van der Waals surface area contributed by atoms with Crippen LogP contribution in [0.15, 0.2) is 65.5 Å². The van der Waals surface area contributed by atoms with E-state index in [0.717, 1.165) is 35.0 Å². The summed E-state index contributed by atoms with van der Waals surface area (Å²) in [5, 5.41) is 6.78. The van der Waals surface area contributed by atoms with Gasteiger partial charge in [-0.15, -0.1) is 0 Å². The van der Waals surface area contributed by atoms with Crippen LogP contribution in [0.3, 0.4) is 0 Å². The molecule has 1 aromatic heterocycles. The topological polar surface area (TPSA) is 64.0 Å². The van der Waals surface area contributed by atoms with Gasteiger partial charge in [-0.3, -0.25) is 9.59 Å². The number of hydrogen-bond acceptors (Lipinski definition) is 3. The summed E-state index contributed by atoms with van der Waals surface area (Å²) in [6.45, 7) is 5.35. The van der Waals surface area contributed by atoms with E-state index in [4.69, 9.17) is 0 Å². The molecule has 0 fully saturated rings. The van der Waals surface area contributed by atoms with Gasteiger partial charge in [-0.05, 0) is 53.4 Å². The van der Waals surface area contributed by atoms with Crippen LogP contribution in [0.25, 0.3) is 5.69 Å². The highest BCUT2D eigenvalue weighted by Crippen LogP contribution is 2.36. The molecule has 0 bridgehead atoms. The fourth-order valence-corrected chi connectivity index (χ4v) is 3.20. The molecule has 0 aliphatic heterocycles. The van der Waals surface area contributed by atoms with Crippen LogP contribution in [0.5, 0.6) is 0 Å². The Morgan fingerprint density at radius 3 is 2.25 bits per heavy atom. The highest BCUT2D eigenvalue weighted by Gasteiger charge is 2.34. The smallest absolute Gasteiger partial charge is 0.343 e. The maximum absolute atomic E-state index is 13.2. The van der Waals surface area contributed by atoms with Crippen molar-refractivity contribution in [1.29, 1.82) is 0 Å². The minimum absolute atomic E-state index is 0.116.